The first-order valence-corrected chi connectivity index (χ1v) is 9.64. The minimum atomic E-state index is -1.19. The van der Waals surface area contributed by atoms with E-state index in [0.717, 1.165) is 11.3 Å². The summed E-state index contributed by atoms with van der Waals surface area (Å²) in [6.07, 6.45) is 0.169. The second-order valence-corrected chi connectivity index (χ2v) is 6.56. The van der Waals surface area contributed by atoms with Crippen LogP contribution in [0.5, 0.6) is 11.5 Å². The molecule has 0 saturated heterocycles. The molecule has 31 heavy (non-hydrogen) atoms. The van der Waals surface area contributed by atoms with Gasteiger partial charge in [0.25, 0.3) is 5.69 Å². The van der Waals surface area contributed by atoms with Crippen LogP contribution >= 0.6 is 0 Å². The summed E-state index contributed by atoms with van der Waals surface area (Å²) in [5.41, 5.74) is 0.617. The number of hydrogen-bond donors (Lipinski definition) is 3. The van der Waals surface area contributed by atoms with Crippen molar-refractivity contribution in [3.8, 4) is 11.5 Å². The van der Waals surface area contributed by atoms with Crippen molar-refractivity contribution in [2.24, 2.45) is 0 Å². The van der Waals surface area contributed by atoms with Gasteiger partial charge in [-0.2, -0.15) is 0 Å². The van der Waals surface area contributed by atoms with Crippen molar-refractivity contribution in [3.05, 3.63) is 58.1 Å². The van der Waals surface area contributed by atoms with Gasteiger partial charge < -0.3 is 25.2 Å². The van der Waals surface area contributed by atoms with Crippen LogP contribution in [0, 0.1) is 10.1 Å². The minimum Gasteiger partial charge on any atom is -0.497 e. The van der Waals surface area contributed by atoms with Crippen LogP contribution in [0.25, 0.3) is 0 Å². The molecule has 2 aromatic carbocycles. The van der Waals surface area contributed by atoms with Crippen LogP contribution < -0.4 is 20.1 Å². The first kappa shape index (κ1) is 23.6. The molecule has 2 rings (SSSR count). The van der Waals surface area contributed by atoms with Crippen molar-refractivity contribution in [2.75, 3.05) is 25.6 Å². The Morgan fingerprint density at radius 1 is 1.16 bits per heavy atom. The van der Waals surface area contributed by atoms with Crippen molar-refractivity contribution < 1.29 is 29.1 Å². The number of carboxylic acids is 1. The molecule has 0 aliphatic carbocycles. The van der Waals surface area contributed by atoms with Gasteiger partial charge >= 0.3 is 5.97 Å². The molecule has 1 amide bonds. The number of aliphatic carboxylic acids is 1. The number of methoxy groups -OCH3 is 1. The van der Waals surface area contributed by atoms with E-state index in [-0.39, 0.29) is 17.8 Å². The van der Waals surface area contributed by atoms with E-state index in [9.17, 15) is 24.8 Å². The van der Waals surface area contributed by atoms with Crippen LogP contribution in [0.4, 0.5) is 11.4 Å². The van der Waals surface area contributed by atoms with Crippen LogP contribution in [0.1, 0.15) is 18.9 Å². The Kier molecular flexibility index (Phi) is 8.77. The molecule has 10 nitrogen and oxygen atoms in total. The molecule has 0 bridgehead atoms. The normalized spacial score (nSPS) is 11.4. The molecule has 166 valence electrons. The van der Waals surface area contributed by atoms with E-state index >= 15 is 0 Å². The molecule has 3 N–H and O–H groups in total. The molecule has 0 aliphatic rings. The highest BCUT2D eigenvalue weighted by atomic mass is 16.6. The molecule has 10 heteroatoms. The first-order valence-electron chi connectivity index (χ1n) is 9.64. The fourth-order valence-electron chi connectivity index (χ4n) is 2.84. The maximum Gasteiger partial charge on any atom is 0.321 e. The smallest absolute Gasteiger partial charge is 0.321 e. The largest absolute Gasteiger partial charge is 0.497 e. The van der Waals surface area contributed by atoms with Gasteiger partial charge in [-0.1, -0.05) is 12.1 Å². The Bertz CT molecular complexity index is 916. The van der Waals surface area contributed by atoms with E-state index in [1.54, 1.807) is 26.2 Å². The topological polar surface area (TPSA) is 140 Å². The number of nitrogens with one attached hydrogen (secondary N) is 2. The summed E-state index contributed by atoms with van der Waals surface area (Å²) < 4.78 is 10.3. The molecule has 0 fully saturated rings. The standard InChI is InChI=1S/C21H25N3O7/c1-3-31-16-8-9-17(19(12-16)24(28)29)23-20(25)13-18(21(26)27)22-11-10-14-4-6-15(30-2)7-5-14/h4-9,12,18,22H,3,10-11,13H2,1-2H3,(H,23,25)(H,26,27)/t18-/m1/s1. The molecule has 0 heterocycles. The predicted octanol–water partition coefficient (Wildman–Crippen LogP) is 2.62. The maximum absolute atomic E-state index is 12.3. The third-order valence-corrected chi connectivity index (χ3v) is 4.40. The van der Waals surface area contributed by atoms with Gasteiger partial charge in [0.15, 0.2) is 0 Å². The lowest BCUT2D eigenvalue weighted by Gasteiger charge is -2.15. The number of carboxylic acid groups (broad SMARTS) is 1. The highest BCUT2D eigenvalue weighted by Crippen LogP contribution is 2.29. The summed E-state index contributed by atoms with van der Waals surface area (Å²) in [6, 6.07) is 10.3. The highest BCUT2D eigenvalue weighted by Gasteiger charge is 2.23. The Labute approximate surface area is 179 Å². The Balaban J connectivity index is 1.95. The number of carbonyl (C=O) groups is 2. The lowest BCUT2D eigenvalue weighted by Crippen LogP contribution is -2.40. The average molecular weight is 431 g/mol. The number of ether oxygens (including phenoxy) is 2. The second kappa shape index (κ2) is 11.5. The number of nitro groups is 1. The first-order chi connectivity index (χ1) is 14.8. The monoisotopic (exact) mass is 431 g/mol. The van der Waals surface area contributed by atoms with Crippen LogP contribution in [0.15, 0.2) is 42.5 Å². The van der Waals surface area contributed by atoms with E-state index in [1.165, 1.54) is 18.2 Å². The fraction of sp³-hybridized carbons (Fsp3) is 0.333. The van der Waals surface area contributed by atoms with Crippen molar-refractivity contribution in [1.29, 1.82) is 0 Å². The van der Waals surface area contributed by atoms with Crippen LogP contribution in [-0.4, -0.2) is 48.2 Å². The van der Waals surface area contributed by atoms with Crippen molar-refractivity contribution >= 4 is 23.3 Å². The Morgan fingerprint density at radius 3 is 2.42 bits per heavy atom. The molecule has 0 unspecified atom stereocenters. The lowest BCUT2D eigenvalue weighted by molar-refractivity contribution is -0.384. The summed E-state index contributed by atoms with van der Waals surface area (Å²) in [5.74, 6) is -0.821. The van der Waals surface area contributed by atoms with Gasteiger partial charge in [0.05, 0.1) is 31.1 Å². The molecule has 2 aromatic rings. The van der Waals surface area contributed by atoms with Crippen molar-refractivity contribution in [3.63, 3.8) is 0 Å². The van der Waals surface area contributed by atoms with Gasteiger partial charge in [-0.25, -0.2) is 0 Å². The zero-order valence-corrected chi connectivity index (χ0v) is 17.3. The Hall–Kier alpha value is -3.66. The zero-order valence-electron chi connectivity index (χ0n) is 17.3. The molecule has 0 saturated carbocycles. The third-order valence-electron chi connectivity index (χ3n) is 4.40. The van der Waals surface area contributed by atoms with Gasteiger partial charge in [-0.05, 0) is 49.7 Å². The molecular formula is C21H25N3O7. The van der Waals surface area contributed by atoms with E-state index in [2.05, 4.69) is 10.6 Å². The van der Waals surface area contributed by atoms with Gasteiger partial charge in [0.1, 0.15) is 23.2 Å². The van der Waals surface area contributed by atoms with Gasteiger partial charge in [-0.15, -0.1) is 0 Å². The van der Waals surface area contributed by atoms with Gasteiger partial charge in [0, 0.05) is 0 Å². The van der Waals surface area contributed by atoms with Crippen LogP contribution in [-0.2, 0) is 16.0 Å². The van der Waals surface area contributed by atoms with E-state index in [0.29, 0.717) is 25.3 Å². The Morgan fingerprint density at radius 2 is 1.84 bits per heavy atom. The summed E-state index contributed by atoms with van der Waals surface area (Å²) in [5, 5.41) is 25.9. The SMILES string of the molecule is CCOc1ccc(NC(=O)C[C@@H](NCCc2ccc(OC)cc2)C(=O)O)c([N+](=O)[O-])c1. The second-order valence-electron chi connectivity index (χ2n) is 6.56. The van der Waals surface area contributed by atoms with Gasteiger partial charge in [0.2, 0.25) is 5.91 Å². The molecular weight excluding hydrogens is 406 g/mol. The number of amides is 1. The molecule has 0 aliphatic heterocycles. The molecule has 0 radical (unpaired) electrons. The number of nitrogens with zero attached hydrogens (tertiary/aromatic N) is 1. The predicted molar refractivity (Wildman–Crippen MR) is 114 cm³/mol. The van der Waals surface area contributed by atoms with Gasteiger partial charge in [-0.3, -0.25) is 19.7 Å². The lowest BCUT2D eigenvalue weighted by atomic mass is 10.1. The van der Waals surface area contributed by atoms with Crippen LogP contribution in [0.3, 0.4) is 0 Å². The summed E-state index contributed by atoms with van der Waals surface area (Å²) in [6.45, 7) is 2.42. The zero-order chi connectivity index (χ0) is 22.8. The summed E-state index contributed by atoms with van der Waals surface area (Å²) in [7, 11) is 1.57. The molecule has 0 spiro atoms. The van der Waals surface area contributed by atoms with E-state index < -0.39 is 22.8 Å². The number of carbonyl (C=O) groups excluding carboxylic acids is 1. The fourth-order valence-corrected chi connectivity index (χ4v) is 2.84. The number of hydrogen-bond acceptors (Lipinski definition) is 7. The van der Waals surface area contributed by atoms with Crippen molar-refractivity contribution in [1.82, 2.24) is 5.32 Å². The summed E-state index contributed by atoms with van der Waals surface area (Å²) in [4.78, 5) is 34.5. The van der Waals surface area contributed by atoms with E-state index in [1.807, 2.05) is 12.1 Å². The van der Waals surface area contributed by atoms with Crippen LogP contribution in [0.2, 0.25) is 0 Å². The number of nitro benzene ring substituents is 1. The average Bonchev–Trinajstić information content (AvgIpc) is 2.74. The number of benzene rings is 2. The van der Waals surface area contributed by atoms with Crippen molar-refractivity contribution in [2.45, 2.75) is 25.8 Å². The van der Waals surface area contributed by atoms with E-state index in [4.69, 9.17) is 9.47 Å². The third kappa shape index (κ3) is 7.27. The highest BCUT2D eigenvalue weighted by molar-refractivity contribution is 5.96. The summed E-state index contributed by atoms with van der Waals surface area (Å²) >= 11 is 0. The maximum atomic E-state index is 12.3. The molecule has 1 atom stereocenters. The number of rotatable bonds is 12. The number of anilines is 1. The quantitative estimate of drug-likeness (QED) is 0.344. The minimum absolute atomic E-state index is 0.0270. The molecule has 0 aromatic heterocycles.